The van der Waals surface area contributed by atoms with Gasteiger partial charge in [0.1, 0.15) is 0 Å². The van der Waals surface area contributed by atoms with Gasteiger partial charge < -0.3 is 5.11 Å². The van der Waals surface area contributed by atoms with Crippen molar-refractivity contribution in [3.63, 3.8) is 0 Å². The first-order valence-electron chi connectivity index (χ1n) is 4.83. The summed E-state index contributed by atoms with van der Waals surface area (Å²) >= 11 is 0. The third-order valence-electron chi connectivity index (χ3n) is 3.15. The molecule has 0 bridgehead atoms. The molecule has 0 radical (unpaired) electrons. The smallest absolute Gasteiger partial charge is 0.0591 e. The third kappa shape index (κ3) is 1.96. The van der Waals surface area contributed by atoms with Gasteiger partial charge in [-0.25, -0.2) is 0 Å². The molecule has 0 heterocycles. The minimum absolute atomic E-state index is 0.0437. The molecular formula is C10H20O. The van der Waals surface area contributed by atoms with Gasteiger partial charge in [0.25, 0.3) is 0 Å². The van der Waals surface area contributed by atoms with E-state index in [-0.39, 0.29) is 6.10 Å². The third-order valence-corrected chi connectivity index (χ3v) is 3.15. The molecule has 1 rings (SSSR count). The Labute approximate surface area is 69.8 Å². The summed E-state index contributed by atoms with van der Waals surface area (Å²) in [4.78, 5) is 0. The summed E-state index contributed by atoms with van der Waals surface area (Å²) in [6.45, 7) is 6.59. The Hall–Kier alpha value is -0.0400. The van der Waals surface area contributed by atoms with Crippen molar-refractivity contribution in [2.45, 2.75) is 46.1 Å². The lowest BCUT2D eigenvalue weighted by molar-refractivity contribution is 0.0107. The first kappa shape index (κ1) is 9.05. The van der Waals surface area contributed by atoms with E-state index in [0.717, 1.165) is 5.92 Å². The van der Waals surface area contributed by atoms with Crippen LogP contribution in [-0.2, 0) is 0 Å². The molecule has 0 saturated heterocycles. The summed E-state index contributed by atoms with van der Waals surface area (Å²) < 4.78 is 0. The largest absolute Gasteiger partial charge is 0.393 e. The minimum atomic E-state index is -0.0437. The summed E-state index contributed by atoms with van der Waals surface area (Å²) in [5.41, 5.74) is 0. The average molecular weight is 156 g/mol. The molecule has 0 aromatic rings. The van der Waals surface area contributed by atoms with Gasteiger partial charge in [-0.3, -0.25) is 0 Å². The predicted octanol–water partition coefficient (Wildman–Crippen LogP) is 2.44. The van der Waals surface area contributed by atoms with Gasteiger partial charge in [-0.2, -0.15) is 0 Å². The van der Waals surface area contributed by atoms with Crippen LogP contribution >= 0.6 is 0 Å². The molecule has 1 aliphatic carbocycles. The van der Waals surface area contributed by atoms with Crippen molar-refractivity contribution >= 4 is 0 Å². The highest BCUT2D eigenvalue weighted by molar-refractivity contribution is 4.81. The molecule has 3 unspecified atom stereocenters. The molecule has 1 N–H and O–H groups in total. The standard InChI is InChI=1S/C10H20O/c1-4-9-5-7(2)10(11)8(3)6-9/h7-11H,4-6H2,1-3H3/t7-,8?,9?,10?/m0/s1. The highest BCUT2D eigenvalue weighted by Gasteiger charge is 2.30. The van der Waals surface area contributed by atoms with E-state index in [0.29, 0.717) is 11.8 Å². The second-order valence-electron chi connectivity index (χ2n) is 4.19. The number of rotatable bonds is 1. The number of hydrogen-bond donors (Lipinski definition) is 1. The first-order valence-corrected chi connectivity index (χ1v) is 4.83. The van der Waals surface area contributed by atoms with E-state index < -0.39 is 0 Å². The maximum absolute atomic E-state index is 9.66. The molecule has 66 valence electrons. The summed E-state index contributed by atoms with van der Waals surface area (Å²) in [7, 11) is 0. The lowest BCUT2D eigenvalue weighted by Crippen LogP contribution is -2.33. The molecule has 0 spiro atoms. The molecule has 1 saturated carbocycles. The van der Waals surface area contributed by atoms with Gasteiger partial charge >= 0.3 is 0 Å². The van der Waals surface area contributed by atoms with Gasteiger partial charge in [0.05, 0.1) is 6.10 Å². The van der Waals surface area contributed by atoms with Gasteiger partial charge in [-0.15, -0.1) is 0 Å². The van der Waals surface area contributed by atoms with Gasteiger partial charge in [0.15, 0.2) is 0 Å². The molecule has 1 fully saturated rings. The zero-order valence-electron chi connectivity index (χ0n) is 7.88. The Balaban J connectivity index is 2.47. The average Bonchev–Trinajstić information content (AvgIpc) is 1.99. The molecule has 4 atom stereocenters. The monoisotopic (exact) mass is 156 g/mol. The molecule has 1 nitrogen and oxygen atoms in total. The zero-order chi connectivity index (χ0) is 8.43. The van der Waals surface area contributed by atoms with Crippen molar-refractivity contribution in [1.29, 1.82) is 0 Å². The van der Waals surface area contributed by atoms with Crippen LogP contribution in [0.1, 0.15) is 40.0 Å². The number of hydrogen-bond acceptors (Lipinski definition) is 1. The fourth-order valence-corrected chi connectivity index (χ4v) is 2.32. The van der Waals surface area contributed by atoms with Crippen molar-refractivity contribution in [2.75, 3.05) is 0 Å². The fraction of sp³-hybridized carbons (Fsp3) is 1.00. The second-order valence-corrected chi connectivity index (χ2v) is 4.19. The topological polar surface area (TPSA) is 20.2 Å². The van der Waals surface area contributed by atoms with Crippen molar-refractivity contribution in [3.8, 4) is 0 Å². The normalized spacial score (nSPS) is 45.8. The van der Waals surface area contributed by atoms with E-state index in [2.05, 4.69) is 20.8 Å². The molecule has 1 aliphatic rings. The summed E-state index contributed by atoms with van der Waals surface area (Å²) in [6.07, 6.45) is 3.68. The van der Waals surface area contributed by atoms with Gasteiger partial charge in [0, 0.05) is 0 Å². The Morgan fingerprint density at radius 2 is 1.64 bits per heavy atom. The van der Waals surface area contributed by atoms with Crippen LogP contribution in [0.15, 0.2) is 0 Å². The van der Waals surface area contributed by atoms with E-state index in [4.69, 9.17) is 0 Å². The molecular weight excluding hydrogens is 136 g/mol. The number of aliphatic hydroxyl groups is 1. The zero-order valence-corrected chi connectivity index (χ0v) is 7.88. The molecule has 0 aliphatic heterocycles. The number of aliphatic hydroxyl groups excluding tert-OH is 1. The van der Waals surface area contributed by atoms with E-state index in [1.165, 1.54) is 19.3 Å². The summed E-state index contributed by atoms with van der Waals surface area (Å²) in [5, 5.41) is 9.66. The Morgan fingerprint density at radius 3 is 2.00 bits per heavy atom. The molecule has 0 aromatic heterocycles. The Bertz CT molecular complexity index is 110. The lowest BCUT2D eigenvalue weighted by Gasteiger charge is -2.35. The maximum Gasteiger partial charge on any atom is 0.0591 e. The van der Waals surface area contributed by atoms with Crippen molar-refractivity contribution in [3.05, 3.63) is 0 Å². The van der Waals surface area contributed by atoms with Gasteiger partial charge in [-0.05, 0) is 30.6 Å². The SMILES string of the molecule is CCC1CC(C)C(O)[C@@H](C)C1. The van der Waals surface area contributed by atoms with E-state index in [9.17, 15) is 5.11 Å². The highest BCUT2D eigenvalue weighted by atomic mass is 16.3. The fourth-order valence-electron chi connectivity index (χ4n) is 2.32. The van der Waals surface area contributed by atoms with E-state index in [1.54, 1.807) is 0 Å². The summed E-state index contributed by atoms with van der Waals surface area (Å²) in [6, 6.07) is 0. The van der Waals surface area contributed by atoms with Crippen LogP contribution < -0.4 is 0 Å². The molecule has 0 amide bonds. The quantitative estimate of drug-likeness (QED) is 0.618. The predicted molar refractivity (Wildman–Crippen MR) is 47.3 cm³/mol. The lowest BCUT2D eigenvalue weighted by atomic mass is 9.74. The van der Waals surface area contributed by atoms with Crippen LogP contribution in [0.4, 0.5) is 0 Å². The van der Waals surface area contributed by atoms with E-state index in [1.807, 2.05) is 0 Å². The minimum Gasteiger partial charge on any atom is -0.393 e. The second kappa shape index (κ2) is 3.57. The van der Waals surface area contributed by atoms with Gasteiger partial charge in [0.2, 0.25) is 0 Å². The molecule has 11 heavy (non-hydrogen) atoms. The van der Waals surface area contributed by atoms with Crippen LogP contribution in [0.5, 0.6) is 0 Å². The van der Waals surface area contributed by atoms with Gasteiger partial charge in [-0.1, -0.05) is 27.2 Å². The van der Waals surface area contributed by atoms with E-state index >= 15 is 0 Å². The Morgan fingerprint density at radius 1 is 1.18 bits per heavy atom. The molecule has 0 aromatic carbocycles. The first-order chi connectivity index (χ1) is 5.15. The highest BCUT2D eigenvalue weighted by Crippen LogP contribution is 2.34. The van der Waals surface area contributed by atoms with Crippen molar-refractivity contribution < 1.29 is 5.11 Å². The van der Waals surface area contributed by atoms with Crippen molar-refractivity contribution in [1.82, 2.24) is 0 Å². The maximum atomic E-state index is 9.66. The van der Waals surface area contributed by atoms with Crippen LogP contribution in [0.2, 0.25) is 0 Å². The van der Waals surface area contributed by atoms with Crippen LogP contribution in [-0.4, -0.2) is 11.2 Å². The van der Waals surface area contributed by atoms with Crippen LogP contribution in [0.3, 0.4) is 0 Å². The molecule has 1 heteroatoms. The van der Waals surface area contributed by atoms with Crippen molar-refractivity contribution in [2.24, 2.45) is 17.8 Å². The summed E-state index contributed by atoms with van der Waals surface area (Å²) in [5.74, 6) is 1.90. The van der Waals surface area contributed by atoms with Crippen LogP contribution in [0, 0.1) is 17.8 Å². The Kier molecular flexibility index (Phi) is 2.94. The van der Waals surface area contributed by atoms with Crippen LogP contribution in [0.25, 0.3) is 0 Å².